The van der Waals surface area contributed by atoms with E-state index in [1.165, 1.54) is 0 Å². The number of hydrogen-bond donors (Lipinski definition) is 2. The molecule has 4 rings (SSSR count). The first-order chi connectivity index (χ1) is 15.1. The summed E-state index contributed by atoms with van der Waals surface area (Å²) in [6.07, 6.45) is 3.89. The molecule has 0 radical (unpaired) electrons. The summed E-state index contributed by atoms with van der Waals surface area (Å²) < 4.78 is 5.45. The van der Waals surface area contributed by atoms with Gasteiger partial charge < -0.3 is 15.2 Å². The van der Waals surface area contributed by atoms with Crippen molar-refractivity contribution in [2.45, 2.75) is 31.2 Å². The molecule has 2 N–H and O–H groups in total. The van der Waals surface area contributed by atoms with E-state index in [0.29, 0.717) is 18.7 Å². The van der Waals surface area contributed by atoms with Gasteiger partial charge >= 0.3 is 12.1 Å². The third-order valence-electron chi connectivity index (χ3n) is 5.45. The molecule has 3 aromatic rings. The quantitative estimate of drug-likeness (QED) is 0.578. The number of nitrogens with one attached hydrogen (secondary N) is 1. The van der Waals surface area contributed by atoms with Crippen molar-refractivity contribution in [3.8, 4) is 11.1 Å². The van der Waals surface area contributed by atoms with Gasteiger partial charge in [0.15, 0.2) is 0 Å². The zero-order valence-corrected chi connectivity index (χ0v) is 16.9. The number of alkyl carbamates (subject to hydrolysis) is 1. The number of fused-ring (bicyclic) bond motifs is 3. The monoisotopic (exact) mass is 417 g/mol. The molecule has 1 aromatic heterocycles. The van der Waals surface area contributed by atoms with Crippen molar-refractivity contribution in [2.24, 2.45) is 0 Å². The number of aliphatic carboxylic acids is 1. The van der Waals surface area contributed by atoms with Gasteiger partial charge in [0.05, 0.1) is 0 Å². The van der Waals surface area contributed by atoms with Crippen LogP contribution in [0.2, 0.25) is 0 Å². The van der Waals surface area contributed by atoms with Crippen LogP contribution in [-0.4, -0.2) is 39.8 Å². The molecule has 158 valence electrons. The molecule has 31 heavy (non-hydrogen) atoms. The molecule has 1 aliphatic carbocycles. The van der Waals surface area contributed by atoms with Crippen LogP contribution < -0.4 is 5.32 Å². The van der Waals surface area contributed by atoms with E-state index in [1.807, 2.05) is 36.4 Å². The third-order valence-corrected chi connectivity index (χ3v) is 5.45. The van der Waals surface area contributed by atoms with Crippen LogP contribution in [0.25, 0.3) is 11.1 Å². The van der Waals surface area contributed by atoms with Gasteiger partial charge in [0.1, 0.15) is 18.5 Å². The number of carboxylic acids is 1. The molecular formula is C24H23N3O4. The number of benzene rings is 2. The predicted molar refractivity (Wildman–Crippen MR) is 115 cm³/mol. The van der Waals surface area contributed by atoms with Crippen LogP contribution in [-0.2, 0) is 16.0 Å². The molecule has 7 heteroatoms. The number of carbonyl (C=O) groups excluding carboxylic acids is 1. The second kappa shape index (κ2) is 9.38. The van der Waals surface area contributed by atoms with Gasteiger partial charge in [-0.2, -0.15) is 0 Å². The maximum Gasteiger partial charge on any atom is 0.407 e. The zero-order chi connectivity index (χ0) is 21.6. The SMILES string of the molecule is O=C(N[C@H](CCCc1ncccn1)C(=O)O)OCC1c2ccccc2-c2ccccc21. The highest BCUT2D eigenvalue weighted by atomic mass is 16.5. The average molecular weight is 417 g/mol. The number of rotatable bonds is 8. The van der Waals surface area contributed by atoms with Crippen LogP contribution in [0, 0.1) is 0 Å². The van der Waals surface area contributed by atoms with Gasteiger partial charge in [-0.3, -0.25) is 0 Å². The normalized spacial score (nSPS) is 13.2. The number of nitrogens with zero attached hydrogens (tertiary/aromatic N) is 2. The molecule has 1 amide bonds. The van der Waals surface area contributed by atoms with Crippen molar-refractivity contribution in [1.29, 1.82) is 0 Å². The first kappa shape index (κ1) is 20.5. The molecule has 7 nitrogen and oxygen atoms in total. The van der Waals surface area contributed by atoms with E-state index in [1.54, 1.807) is 18.5 Å². The molecule has 0 aliphatic heterocycles. The highest BCUT2D eigenvalue weighted by molar-refractivity contribution is 5.81. The Balaban J connectivity index is 1.34. The van der Waals surface area contributed by atoms with Crippen molar-refractivity contribution >= 4 is 12.1 Å². The van der Waals surface area contributed by atoms with Crippen molar-refractivity contribution in [2.75, 3.05) is 6.61 Å². The van der Waals surface area contributed by atoms with Gasteiger partial charge in [-0.05, 0) is 41.2 Å². The van der Waals surface area contributed by atoms with E-state index in [2.05, 4.69) is 27.4 Å². The highest BCUT2D eigenvalue weighted by Crippen LogP contribution is 2.44. The summed E-state index contributed by atoms with van der Waals surface area (Å²) in [5.41, 5.74) is 4.49. The highest BCUT2D eigenvalue weighted by Gasteiger charge is 2.29. The first-order valence-corrected chi connectivity index (χ1v) is 10.2. The van der Waals surface area contributed by atoms with Crippen LogP contribution in [0.4, 0.5) is 4.79 Å². The fourth-order valence-corrected chi connectivity index (χ4v) is 3.96. The number of amides is 1. The summed E-state index contributed by atoms with van der Waals surface area (Å²) in [6.45, 7) is 0.143. The number of carboxylic acid groups (broad SMARTS) is 1. The number of ether oxygens (including phenoxy) is 1. The summed E-state index contributed by atoms with van der Waals surface area (Å²) in [6, 6.07) is 16.8. The molecule has 0 bridgehead atoms. The summed E-state index contributed by atoms with van der Waals surface area (Å²) in [5, 5.41) is 11.9. The van der Waals surface area contributed by atoms with E-state index < -0.39 is 18.1 Å². The lowest BCUT2D eigenvalue weighted by Gasteiger charge is -2.17. The molecular weight excluding hydrogens is 394 g/mol. The average Bonchev–Trinajstić information content (AvgIpc) is 3.11. The Kier molecular flexibility index (Phi) is 6.21. The molecule has 2 aromatic carbocycles. The zero-order valence-electron chi connectivity index (χ0n) is 16.9. The molecule has 1 heterocycles. The maximum atomic E-state index is 12.4. The number of hydrogen-bond acceptors (Lipinski definition) is 5. The van der Waals surface area contributed by atoms with E-state index >= 15 is 0 Å². The lowest BCUT2D eigenvalue weighted by atomic mass is 9.98. The summed E-state index contributed by atoms with van der Waals surface area (Å²) in [4.78, 5) is 32.2. The van der Waals surface area contributed by atoms with Gasteiger partial charge in [-0.25, -0.2) is 19.6 Å². The molecule has 0 unspecified atom stereocenters. The lowest BCUT2D eigenvalue weighted by molar-refractivity contribution is -0.139. The second-order valence-electron chi connectivity index (χ2n) is 7.42. The summed E-state index contributed by atoms with van der Waals surface area (Å²) in [5.74, 6) is -0.521. The minimum atomic E-state index is -1.09. The Bertz CT molecular complexity index is 1030. The van der Waals surface area contributed by atoms with Crippen LogP contribution in [0.5, 0.6) is 0 Å². The van der Waals surface area contributed by atoms with Gasteiger partial charge in [0, 0.05) is 24.7 Å². The molecule has 0 spiro atoms. The van der Waals surface area contributed by atoms with Crippen molar-refractivity contribution in [3.63, 3.8) is 0 Å². The van der Waals surface area contributed by atoms with E-state index in [4.69, 9.17) is 4.74 Å². The molecule has 1 atom stereocenters. The Morgan fingerprint density at radius 2 is 1.58 bits per heavy atom. The van der Waals surface area contributed by atoms with E-state index in [0.717, 1.165) is 22.3 Å². The lowest BCUT2D eigenvalue weighted by Crippen LogP contribution is -2.41. The third kappa shape index (κ3) is 4.71. The van der Waals surface area contributed by atoms with Gasteiger partial charge in [-0.15, -0.1) is 0 Å². The summed E-state index contributed by atoms with van der Waals surface area (Å²) in [7, 11) is 0. The summed E-state index contributed by atoms with van der Waals surface area (Å²) >= 11 is 0. The minimum Gasteiger partial charge on any atom is -0.480 e. The van der Waals surface area contributed by atoms with Crippen LogP contribution in [0.1, 0.15) is 35.7 Å². The van der Waals surface area contributed by atoms with E-state index in [-0.39, 0.29) is 18.9 Å². The smallest absolute Gasteiger partial charge is 0.407 e. The van der Waals surface area contributed by atoms with Gasteiger partial charge in [0.25, 0.3) is 0 Å². The maximum absolute atomic E-state index is 12.4. The standard InChI is InChI=1S/C24H23N3O4/c28-23(29)21(11-5-12-22-25-13-6-14-26-22)27-24(30)31-15-20-18-9-3-1-7-16(18)17-8-2-4-10-19(17)20/h1-4,6-10,13-14,20-21H,5,11-12,15H2,(H,27,30)(H,28,29)/t21-/m1/s1. The Labute approximate surface area is 180 Å². The fraction of sp³-hybridized carbons (Fsp3) is 0.250. The predicted octanol–water partition coefficient (Wildman–Crippen LogP) is 3.79. The van der Waals surface area contributed by atoms with Crippen LogP contribution >= 0.6 is 0 Å². The largest absolute Gasteiger partial charge is 0.480 e. The minimum absolute atomic E-state index is 0.0725. The van der Waals surface area contributed by atoms with Gasteiger partial charge in [-0.1, -0.05) is 48.5 Å². The number of aromatic nitrogens is 2. The molecule has 0 saturated carbocycles. The topological polar surface area (TPSA) is 101 Å². The van der Waals surface area contributed by atoms with Crippen LogP contribution in [0.15, 0.2) is 67.0 Å². The Morgan fingerprint density at radius 3 is 2.19 bits per heavy atom. The molecule has 0 fully saturated rings. The van der Waals surface area contributed by atoms with Crippen molar-refractivity contribution in [3.05, 3.63) is 83.9 Å². The molecule has 0 saturated heterocycles. The van der Waals surface area contributed by atoms with Crippen molar-refractivity contribution < 1.29 is 19.4 Å². The van der Waals surface area contributed by atoms with E-state index in [9.17, 15) is 14.7 Å². The number of aryl methyl sites for hydroxylation is 1. The van der Waals surface area contributed by atoms with Gasteiger partial charge in [0.2, 0.25) is 0 Å². The fourth-order valence-electron chi connectivity index (χ4n) is 3.96. The van der Waals surface area contributed by atoms with Crippen LogP contribution in [0.3, 0.4) is 0 Å². The Morgan fingerprint density at radius 1 is 0.968 bits per heavy atom. The number of carbonyl (C=O) groups is 2. The first-order valence-electron chi connectivity index (χ1n) is 10.2. The van der Waals surface area contributed by atoms with Crippen molar-refractivity contribution in [1.82, 2.24) is 15.3 Å². The second-order valence-corrected chi connectivity index (χ2v) is 7.42. The molecule has 1 aliphatic rings. The Hall–Kier alpha value is -3.74.